The minimum absolute atomic E-state index is 0.0556. The fourth-order valence-corrected chi connectivity index (χ4v) is 1.97. The summed E-state index contributed by atoms with van der Waals surface area (Å²) in [5, 5.41) is 2.70. The van der Waals surface area contributed by atoms with E-state index in [-0.39, 0.29) is 23.7 Å². The second-order valence-electron chi connectivity index (χ2n) is 4.40. The maximum Gasteiger partial charge on any atom is 0.231 e. The molecular formula is C13H15FN2O. The first-order valence-corrected chi connectivity index (χ1v) is 5.56. The van der Waals surface area contributed by atoms with Crippen LogP contribution in [0.15, 0.2) is 30.4 Å². The van der Waals surface area contributed by atoms with Crippen LogP contribution in [0.4, 0.5) is 10.1 Å². The number of rotatable bonds is 2. The van der Waals surface area contributed by atoms with E-state index in [9.17, 15) is 9.18 Å². The smallest absolute Gasteiger partial charge is 0.231 e. The largest absolute Gasteiger partial charge is 0.325 e. The summed E-state index contributed by atoms with van der Waals surface area (Å²) in [6, 6.07) is 4.41. The van der Waals surface area contributed by atoms with Crippen LogP contribution >= 0.6 is 0 Å². The number of nitrogens with one attached hydrogen (secondary N) is 1. The van der Waals surface area contributed by atoms with Crippen molar-refractivity contribution in [1.29, 1.82) is 0 Å². The number of carbonyl (C=O) groups excluding carboxylic acids is 1. The molecule has 1 aromatic carbocycles. The van der Waals surface area contributed by atoms with Crippen molar-refractivity contribution in [2.75, 3.05) is 5.32 Å². The fraction of sp³-hybridized carbons (Fsp3) is 0.308. The number of hydrogen-bond donors (Lipinski definition) is 2. The molecule has 3 N–H and O–H groups in total. The predicted octanol–water partition coefficient (Wildman–Crippen LogP) is 1.98. The maximum atomic E-state index is 13.1. The van der Waals surface area contributed by atoms with Crippen molar-refractivity contribution < 1.29 is 9.18 Å². The number of halogens is 1. The zero-order valence-corrected chi connectivity index (χ0v) is 9.61. The van der Waals surface area contributed by atoms with E-state index in [4.69, 9.17) is 5.73 Å². The molecule has 2 unspecified atom stereocenters. The molecule has 0 bridgehead atoms. The highest BCUT2D eigenvalue weighted by molar-refractivity contribution is 5.94. The van der Waals surface area contributed by atoms with Gasteiger partial charge in [0.25, 0.3) is 0 Å². The van der Waals surface area contributed by atoms with Gasteiger partial charge >= 0.3 is 0 Å². The third-order valence-electron chi connectivity index (χ3n) is 2.76. The first-order chi connectivity index (χ1) is 8.04. The first kappa shape index (κ1) is 11.8. The van der Waals surface area contributed by atoms with Crippen LogP contribution in [-0.4, -0.2) is 11.9 Å². The molecule has 0 aliphatic heterocycles. The molecule has 1 amide bonds. The van der Waals surface area contributed by atoms with Crippen LogP contribution < -0.4 is 11.1 Å². The highest BCUT2D eigenvalue weighted by Crippen LogP contribution is 2.20. The van der Waals surface area contributed by atoms with Gasteiger partial charge in [0.1, 0.15) is 5.82 Å². The Bertz CT molecular complexity index is 450. The van der Waals surface area contributed by atoms with E-state index in [0.717, 1.165) is 5.56 Å². The van der Waals surface area contributed by atoms with Gasteiger partial charge in [-0.15, -0.1) is 0 Å². The minimum Gasteiger partial charge on any atom is -0.325 e. The number of amides is 1. The monoisotopic (exact) mass is 234 g/mol. The summed E-state index contributed by atoms with van der Waals surface area (Å²) in [5.74, 6) is -0.702. The molecule has 17 heavy (non-hydrogen) atoms. The maximum absolute atomic E-state index is 13.1. The molecule has 4 heteroatoms. The topological polar surface area (TPSA) is 55.1 Å². The van der Waals surface area contributed by atoms with Crippen molar-refractivity contribution in [1.82, 2.24) is 0 Å². The molecule has 2 atom stereocenters. The van der Waals surface area contributed by atoms with Crippen molar-refractivity contribution in [3.05, 3.63) is 41.7 Å². The van der Waals surface area contributed by atoms with Gasteiger partial charge in [-0.1, -0.05) is 12.2 Å². The summed E-state index contributed by atoms with van der Waals surface area (Å²) in [4.78, 5) is 11.8. The molecule has 1 aromatic rings. The Morgan fingerprint density at radius 1 is 1.41 bits per heavy atom. The molecule has 2 rings (SSSR count). The number of anilines is 1. The summed E-state index contributed by atoms with van der Waals surface area (Å²) in [6.45, 7) is 1.78. The number of nitrogens with two attached hydrogens (primary N) is 1. The Balaban J connectivity index is 2.05. The molecule has 0 heterocycles. The van der Waals surface area contributed by atoms with Crippen molar-refractivity contribution >= 4 is 11.6 Å². The Morgan fingerprint density at radius 2 is 2.18 bits per heavy atom. The molecule has 0 fully saturated rings. The lowest BCUT2D eigenvalue weighted by molar-refractivity contribution is -0.118. The molecule has 3 nitrogen and oxygen atoms in total. The van der Waals surface area contributed by atoms with Crippen molar-refractivity contribution in [2.24, 2.45) is 11.7 Å². The summed E-state index contributed by atoms with van der Waals surface area (Å²) in [7, 11) is 0. The fourth-order valence-electron chi connectivity index (χ4n) is 1.97. The second-order valence-corrected chi connectivity index (χ2v) is 4.40. The second kappa shape index (κ2) is 4.67. The summed E-state index contributed by atoms with van der Waals surface area (Å²) < 4.78 is 13.1. The van der Waals surface area contributed by atoms with E-state index < -0.39 is 0 Å². The van der Waals surface area contributed by atoms with E-state index in [0.29, 0.717) is 12.1 Å². The van der Waals surface area contributed by atoms with Gasteiger partial charge in [0, 0.05) is 11.7 Å². The quantitative estimate of drug-likeness (QED) is 0.769. The number of benzene rings is 1. The van der Waals surface area contributed by atoms with Gasteiger partial charge in [0.05, 0.1) is 5.92 Å². The van der Waals surface area contributed by atoms with Crippen molar-refractivity contribution in [3.63, 3.8) is 0 Å². The van der Waals surface area contributed by atoms with Crippen LogP contribution in [0.1, 0.15) is 12.0 Å². The summed E-state index contributed by atoms with van der Waals surface area (Å²) in [5.41, 5.74) is 6.94. The van der Waals surface area contributed by atoms with E-state index in [2.05, 4.69) is 5.32 Å². The normalized spacial score (nSPS) is 22.8. The van der Waals surface area contributed by atoms with Crippen molar-refractivity contribution in [2.45, 2.75) is 19.4 Å². The lowest BCUT2D eigenvalue weighted by atomic mass is 10.1. The van der Waals surface area contributed by atoms with Gasteiger partial charge in [-0.25, -0.2) is 4.39 Å². The van der Waals surface area contributed by atoms with Crippen LogP contribution in [0.3, 0.4) is 0 Å². The van der Waals surface area contributed by atoms with Crippen LogP contribution in [0.5, 0.6) is 0 Å². The Morgan fingerprint density at radius 3 is 2.76 bits per heavy atom. The van der Waals surface area contributed by atoms with E-state index in [1.165, 1.54) is 12.1 Å². The SMILES string of the molecule is Cc1cc(F)cc(NC(=O)C2C=CC(N)C2)c1. The van der Waals surface area contributed by atoms with Gasteiger partial charge in [0.2, 0.25) is 5.91 Å². The highest BCUT2D eigenvalue weighted by Gasteiger charge is 2.22. The molecule has 1 aliphatic rings. The standard InChI is InChI=1S/C13H15FN2O/c1-8-4-10(14)7-12(5-8)16-13(17)9-2-3-11(15)6-9/h2-5,7,9,11H,6,15H2,1H3,(H,16,17). The van der Waals surface area contributed by atoms with E-state index >= 15 is 0 Å². The molecule has 0 spiro atoms. The number of carbonyl (C=O) groups is 1. The third kappa shape index (κ3) is 2.91. The van der Waals surface area contributed by atoms with Gasteiger partial charge < -0.3 is 11.1 Å². The van der Waals surface area contributed by atoms with Crippen LogP contribution in [0.2, 0.25) is 0 Å². The third-order valence-corrected chi connectivity index (χ3v) is 2.76. The zero-order valence-electron chi connectivity index (χ0n) is 9.61. The lowest BCUT2D eigenvalue weighted by Crippen LogP contribution is -2.24. The van der Waals surface area contributed by atoms with E-state index in [1.54, 1.807) is 19.1 Å². The number of hydrogen-bond acceptors (Lipinski definition) is 2. The highest BCUT2D eigenvalue weighted by atomic mass is 19.1. The Kier molecular flexibility index (Phi) is 3.24. The van der Waals surface area contributed by atoms with Gasteiger partial charge in [-0.3, -0.25) is 4.79 Å². The molecule has 90 valence electrons. The number of aryl methyl sites for hydroxylation is 1. The molecular weight excluding hydrogens is 219 g/mol. The van der Waals surface area contributed by atoms with Gasteiger partial charge in [-0.2, -0.15) is 0 Å². The van der Waals surface area contributed by atoms with Gasteiger partial charge in [0.15, 0.2) is 0 Å². The van der Waals surface area contributed by atoms with Gasteiger partial charge in [-0.05, 0) is 37.1 Å². The Labute approximate surface area is 99.5 Å². The summed E-state index contributed by atoms with van der Waals surface area (Å²) >= 11 is 0. The molecule has 1 aliphatic carbocycles. The van der Waals surface area contributed by atoms with Crippen LogP contribution in [0.25, 0.3) is 0 Å². The average molecular weight is 234 g/mol. The Hall–Kier alpha value is -1.68. The average Bonchev–Trinajstić information content (AvgIpc) is 2.63. The lowest BCUT2D eigenvalue weighted by Gasteiger charge is -2.11. The molecule has 0 radical (unpaired) electrons. The minimum atomic E-state index is -0.348. The van der Waals surface area contributed by atoms with Crippen molar-refractivity contribution in [3.8, 4) is 0 Å². The molecule has 0 aromatic heterocycles. The van der Waals surface area contributed by atoms with E-state index in [1.807, 2.05) is 6.08 Å². The first-order valence-electron chi connectivity index (χ1n) is 5.56. The molecule has 0 saturated heterocycles. The zero-order chi connectivity index (χ0) is 12.4. The van der Waals surface area contributed by atoms with Crippen LogP contribution in [0, 0.1) is 18.7 Å². The molecule has 0 saturated carbocycles. The van der Waals surface area contributed by atoms with Crippen LogP contribution in [-0.2, 0) is 4.79 Å². The summed E-state index contributed by atoms with van der Waals surface area (Å²) in [6.07, 6.45) is 4.23. The predicted molar refractivity (Wildman–Crippen MR) is 65.0 cm³/mol.